The van der Waals surface area contributed by atoms with Crippen molar-refractivity contribution in [3.05, 3.63) is 83.7 Å². The van der Waals surface area contributed by atoms with Crippen LogP contribution in [0.5, 0.6) is 0 Å². The number of hydrogen-bond acceptors (Lipinski definition) is 5. The fourth-order valence-electron chi connectivity index (χ4n) is 3.08. The van der Waals surface area contributed by atoms with Crippen LogP contribution in [0.3, 0.4) is 0 Å². The number of benzene rings is 1. The van der Waals surface area contributed by atoms with Crippen LogP contribution in [-0.4, -0.2) is 36.3 Å². The van der Waals surface area contributed by atoms with Crippen molar-refractivity contribution in [2.45, 2.75) is 19.5 Å². The highest BCUT2D eigenvalue weighted by Crippen LogP contribution is 2.24. The van der Waals surface area contributed by atoms with E-state index in [-0.39, 0.29) is 11.9 Å². The molecule has 0 aliphatic rings. The normalized spacial score (nSPS) is 11.6. The molecule has 4 aromatic rings. The summed E-state index contributed by atoms with van der Waals surface area (Å²) in [5, 5.41) is 16.9. The molecular formula is C22H18ClN7O. The molecule has 0 radical (unpaired) electrons. The van der Waals surface area contributed by atoms with Gasteiger partial charge in [-0.15, -0.1) is 0 Å². The smallest absolute Gasteiger partial charge is 0.271 e. The molecule has 0 aliphatic carbocycles. The maximum Gasteiger partial charge on any atom is 0.271 e. The number of hydrogen-bond donors (Lipinski definition) is 1. The van der Waals surface area contributed by atoms with Crippen LogP contribution in [0.4, 0.5) is 0 Å². The number of rotatable bonds is 6. The van der Waals surface area contributed by atoms with E-state index in [1.54, 1.807) is 46.2 Å². The molecule has 0 bridgehead atoms. The molecule has 0 aliphatic heterocycles. The van der Waals surface area contributed by atoms with Crippen molar-refractivity contribution in [2.75, 3.05) is 0 Å². The van der Waals surface area contributed by atoms with Crippen LogP contribution < -0.4 is 5.32 Å². The average Bonchev–Trinajstić information content (AvgIpc) is 3.44. The maximum atomic E-state index is 12.5. The zero-order chi connectivity index (χ0) is 21.8. The number of aromatic nitrogens is 5. The number of nitrogens with zero attached hydrogens (tertiary/aromatic N) is 6. The average molecular weight is 432 g/mol. The van der Waals surface area contributed by atoms with Crippen LogP contribution in [0, 0.1) is 11.3 Å². The van der Waals surface area contributed by atoms with E-state index in [0.717, 1.165) is 11.3 Å². The molecule has 3 aromatic heterocycles. The van der Waals surface area contributed by atoms with Gasteiger partial charge in [-0.3, -0.25) is 14.0 Å². The number of imidazole rings is 1. The first-order valence-corrected chi connectivity index (χ1v) is 9.91. The summed E-state index contributed by atoms with van der Waals surface area (Å²) < 4.78 is 3.45. The first kappa shape index (κ1) is 20.3. The van der Waals surface area contributed by atoms with Crippen molar-refractivity contribution >= 4 is 17.5 Å². The van der Waals surface area contributed by atoms with Gasteiger partial charge in [-0.05, 0) is 37.3 Å². The van der Waals surface area contributed by atoms with Gasteiger partial charge in [0.05, 0.1) is 22.8 Å². The lowest BCUT2D eigenvalue weighted by Crippen LogP contribution is -2.36. The van der Waals surface area contributed by atoms with Gasteiger partial charge in [0.25, 0.3) is 5.91 Å². The Morgan fingerprint density at radius 2 is 2.13 bits per heavy atom. The molecule has 3 heterocycles. The molecule has 1 amide bonds. The molecule has 1 N–H and O–H groups in total. The lowest BCUT2D eigenvalue weighted by atomic mass is 10.1. The molecule has 1 aromatic carbocycles. The van der Waals surface area contributed by atoms with Gasteiger partial charge in [0.15, 0.2) is 0 Å². The number of pyridine rings is 1. The Bertz CT molecular complexity index is 1260. The van der Waals surface area contributed by atoms with E-state index in [1.807, 2.05) is 43.5 Å². The highest BCUT2D eigenvalue weighted by Gasteiger charge is 2.14. The molecule has 0 unspecified atom stereocenters. The van der Waals surface area contributed by atoms with Gasteiger partial charge < -0.3 is 5.32 Å². The quantitative estimate of drug-likeness (QED) is 0.503. The maximum absolute atomic E-state index is 12.5. The molecule has 0 fully saturated rings. The lowest BCUT2D eigenvalue weighted by Gasteiger charge is -2.13. The number of nitriles is 1. The van der Waals surface area contributed by atoms with Gasteiger partial charge in [0.1, 0.15) is 23.9 Å². The van der Waals surface area contributed by atoms with Crippen LogP contribution in [0.15, 0.2) is 67.4 Å². The Hall–Kier alpha value is -3.96. The Kier molecular flexibility index (Phi) is 5.78. The Labute approximate surface area is 183 Å². The summed E-state index contributed by atoms with van der Waals surface area (Å²) in [6.45, 7) is 2.38. The van der Waals surface area contributed by atoms with Gasteiger partial charge in [-0.1, -0.05) is 23.7 Å². The summed E-state index contributed by atoms with van der Waals surface area (Å²) in [6.07, 6.45) is 6.72. The van der Waals surface area contributed by atoms with E-state index in [9.17, 15) is 4.79 Å². The van der Waals surface area contributed by atoms with Crippen LogP contribution in [0.1, 0.15) is 23.0 Å². The van der Waals surface area contributed by atoms with E-state index in [0.29, 0.717) is 28.6 Å². The molecule has 154 valence electrons. The number of amides is 1. The lowest BCUT2D eigenvalue weighted by molar-refractivity contribution is 0.0931. The second-order valence-electron chi connectivity index (χ2n) is 6.96. The van der Waals surface area contributed by atoms with Crippen molar-refractivity contribution in [1.82, 2.24) is 29.6 Å². The first-order valence-electron chi connectivity index (χ1n) is 9.53. The predicted octanol–water partition coefficient (Wildman–Crippen LogP) is 3.47. The summed E-state index contributed by atoms with van der Waals surface area (Å²) in [4.78, 5) is 20.9. The monoisotopic (exact) mass is 431 g/mol. The third kappa shape index (κ3) is 4.63. The topological polar surface area (TPSA) is 101 Å². The number of nitrogens with one attached hydrogen (secondary N) is 1. The number of halogens is 1. The fraction of sp³-hybridized carbons (Fsp3) is 0.136. The SMILES string of the molecule is C[C@@H](Cn1ccc(-c2ccc(C#N)c(Cl)c2)n1)NC(=O)c1cn(-c2ccccn2)cn1. The van der Waals surface area contributed by atoms with E-state index < -0.39 is 0 Å². The second kappa shape index (κ2) is 8.81. The Balaban J connectivity index is 1.39. The molecule has 1 atom stereocenters. The minimum absolute atomic E-state index is 0.176. The molecular weight excluding hydrogens is 414 g/mol. The van der Waals surface area contributed by atoms with E-state index in [2.05, 4.69) is 20.4 Å². The third-order valence-electron chi connectivity index (χ3n) is 4.59. The largest absolute Gasteiger partial charge is 0.346 e. The minimum atomic E-state index is -0.270. The highest BCUT2D eigenvalue weighted by molar-refractivity contribution is 6.32. The van der Waals surface area contributed by atoms with E-state index in [1.165, 1.54) is 0 Å². The van der Waals surface area contributed by atoms with Gasteiger partial charge in [0.2, 0.25) is 0 Å². The van der Waals surface area contributed by atoms with Crippen molar-refractivity contribution in [1.29, 1.82) is 5.26 Å². The molecule has 9 heteroatoms. The first-order chi connectivity index (χ1) is 15.0. The Morgan fingerprint density at radius 3 is 2.87 bits per heavy atom. The predicted molar refractivity (Wildman–Crippen MR) is 116 cm³/mol. The molecule has 31 heavy (non-hydrogen) atoms. The van der Waals surface area contributed by atoms with Gasteiger partial charge in [-0.25, -0.2) is 9.97 Å². The van der Waals surface area contributed by atoms with Crippen LogP contribution in [0.2, 0.25) is 5.02 Å². The highest BCUT2D eigenvalue weighted by atomic mass is 35.5. The second-order valence-corrected chi connectivity index (χ2v) is 7.37. The van der Waals surface area contributed by atoms with Crippen LogP contribution in [0.25, 0.3) is 17.1 Å². The summed E-state index contributed by atoms with van der Waals surface area (Å²) in [5.74, 6) is 0.419. The van der Waals surface area contributed by atoms with Crippen molar-refractivity contribution < 1.29 is 4.79 Å². The summed E-state index contributed by atoms with van der Waals surface area (Å²) in [6, 6.07) is 14.5. The van der Waals surface area contributed by atoms with E-state index in [4.69, 9.17) is 16.9 Å². The summed E-state index contributed by atoms with van der Waals surface area (Å²) >= 11 is 6.11. The van der Waals surface area contributed by atoms with Gasteiger partial charge in [0, 0.05) is 30.2 Å². The van der Waals surface area contributed by atoms with Crippen LogP contribution >= 0.6 is 11.6 Å². The molecule has 4 rings (SSSR count). The third-order valence-corrected chi connectivity index (χ3v) is 4.91. The zero-order valence-corrected chi connectivity index (χ0v) is 17.4. The molecule has 0 saturated carbocycles. The fourth-order valence-corrected chi connectivity index (χ4v) is 3.30. The van der Waals surface area contributed by atoms with E-state index >= 15 is 0 Å². The van der Waals surface area contributed by atoms with Crippen molar-refractivity contribution in [2.24, 2.45) is 0 Å². The molecule has 0 saturated heterocycles. The summed E-state index contributed by atoms with van der Waals surface area (Å²) in [5.41, 5.74) is 2.29. The number of carbonyl (C=O) groups is 1. The Morgan fingerprint density at radius 1 is 1.26 bits per heavy atom. The standard InChI is InChI=1S/C22H18ClN7O/c1-15(27-22(31)20-13-29(14-26-20)21-4-2-3-8-25-21)12-30-9-7-19(28-30)16-5-6-17(11-24)18(23)10-16/h2-10,13-15H,12H2,1H3,(H,27,31)/t15-/m0/s1. The molecule has 0 spiro atoms. The van der Waals surface area contributed by atoms with Crippen molar-refractivity contribution in [3.63, 3.8) is 0 Å². The van der Waals surface area contributed by atoms with Gasteiger partial charge in [-0.2, -0.15) is 10.4 Å². The van der Waals surface area contributed by atoms with Crippen molar-refractivity contribution in [3.8, 4) is 23.1 Å². The zero-order valence-electron chi connectivity index (χ0n) is 16.6. The number of carbonyl (C=O) groups excluding carboxylic acids is 1. The summed E-state index contributed by atoms with van der Waals surface area (Å²) in [7, 11) is 0. The minimum Gasteiger partial charge on any atom is -0.346 e. The van der Waals surface area contributed by atoms with Crippen LogP contribution in [-0.2, 0) is 6.54 Å². The molecule has 8 nitrogen and oxygen atoms in total. The van der Waals surface area contributed by atoms with Gasteiger partial charge >= 0.3 is 0 Å².